The summed E-state index contributed by atoms with van der Waals surface area (Å²) in [5.41, 5.74) is 3.16. The normalized spacial score (nSPS) is 11.5. The molecule has 2 aromatic rings. The first-order chi connectivity index (χ1) is 16.8. The van der Waals surface area contributed by atoms with E-state index in [-0.39, 0.29) is 6.42 Å². The smallest absolute Gasteiger partial charge is 0.254 e. The molecule has 0 aliphatic carbocycles. The lowest BCUT2D eigenvalue weighted by Gasteiger charge is -2.25. The second-order valence-electron chi connectivity index (χ2n) is 8.15. The Kier molecular flexibility index (Phi) is 11.3. The number of hydrogen-bond acceptors (Lipinski definition) is 6. The summed E-state index contributed by atoms with van der Waals surface area (Å²) in [6.07, 6.45) is 0.0915. The van der Waals surface area contributed by atoms with E-state index in [4.69, 9.17) is 4.74 Å². The number of nitrogens with zero attached hydrogens (tertiary/aromatic N) is 2. The van der Waals surface area contributed by atoms with Crippen molar-refractivity contribution in [1.82, 2.24) is 9.80 Å². The van der Waals surface area contributed by atoms with Gasteiger partial charge in [0.2, 0.25) is 0 Å². The Bertz CT molecular complexity index is 1040. The van der Waals surface area contributed by atoms with Gasteiger partial charge >= 0.3 is 0 Å². The molecular formula is C28H34N2O5. The zero-order valence-electron chi connectivity index (χ0n) is 20.9. The third-order valence-corrected chi connectivity index (χ3v) is 5.72. The largest absolute Gasteiger partial charge is 0.388 e. The number of methoxy groups -OCH3 is 1. The Labute approximate surface area is 207 Å². The Balaban J connectivity index is 2.06. The van der Waals surface area contributed by atoms with Crippen LogP contribution in [0.4, 0.5) is 0 Å². The molecule has 0 spiro atoms. The van der Waals surface area contributed by atoms with E-state index in [0.717, 1.165) is 35.7 Å². The van der Waals surface area contributed by atoms with Crippen molar-refractivity contribution >= 4 is 17.5 Å². The summed E-state index contributed by atoms with van der Waals surface area (Å²) in [6.45, 7) is 6.34. The lowest BCUT2D eigenvalue weighted by molar-refractivity contribution is -0.134. The molecule has 0 aromatic heterocycles. The third-order valence-electron chi connectivity index (χ3n) is 5.72. The summed E-state index contributed by atoms with van der Waals surface area (Å²) in [5, 5.41) is 9.17. The number of hydrogen-bond donors (Lipinski definition) is 1. The van der Waals surface area contributed by atoms with Gasteiger partial charge in [-0.05, 0) is 48.5 Å². The number of Topliss-reactive ketones (excluding diaryl/α,β-unsaturated/α-hetero) is 2. The fourth-order valence-electron chi connectivity index (χ4n) is 3.57. The maximum atomic E-state index is 12.8. The fourth-order valence-corrected chi connectivity index (χ4v) is 3.57. The minimum absolute atomic E-state index is 0.0915. The van der Waals surface area contributed by atoms with Crippen molar-refractivity contribution in [2.24, 2.45) is 0 Å². The summed E-state index contributed by atoms with van der Waals surface area (Å²) in [4.78, 5) is 40.3. The number of benzene rings is 2. The van der Waals surface area contributed by atoms with Gasteiger partial charge in [-0.15, -0.1) is 0 Å². The number of ether oxygens (including phenoxy) is 1. The number of carbonyl (C=O) groups excluding carboxylic acids is 3. The Hall–Kier alpha value is -3.31. The van der Waals surface area contributed by atoms with E-state index in [1.807, 2.05) is 12.1 Å². The number of aliphatic hydroxyl groups excluding tert-OH is 1. The van der Waals surface area contributed by atoms with E-state index in [1.54, 1.807) is 38.3 Å². The topological polar surface area (TPSA) is 87.2 Å². The third kappa shape index (κ3) is 8.15. The second-order valence-corrected chi connectivity index (χ2v) is 8.15. The maximum Gasteiger partial charge on any atom is 0.254 e. The Morgan fingerprint density at radius 2 is 1.51 bits per heavy atom. The number of amides is 1. The standard InChI is InChI=1S/C28H34N2O5/c1-5-25(32)27(26(33)20-31)29(3)28(34)24-15-13-22(14-16-24)8-7-21-9-11-23(12-10-21)19-30(6-2)17-18-35-4/h9-16,27,31H,5-6,17-20H2,1-4H3. The van der Waals surface area contributed by atoms with Gasteiger partial charge in [0.15, 0.2) is 17.6 Å². The highest BCUT2D eigenvalue weighted by molar-refractivity contribution is 6.10. The van der Waals surface area contributed by atoms with Crippen LogP contribution in [0.1, 0.15) is 47.3 Å². The molecule has 7 heteroatoms. The first-order valence-corrected chi connectivity index (χ1v) is 11.7. The van der Waals surface area contributed by atoms with Gasteiger partial charge in [-0.1, -0.05) is 37.8 Å². The molecule has 0 heterocycles. The molecule has 1 unspecified atom stereocenters. The van der Waals surface area contributed by atoms with Crippen molar-refractivity contribution in [2.45, 2.75) is 32.9 Å². The molecule has 2 aromatic carbocycles. The lowest BCUT2D eigenvalue weighted by atomic mass is 10.0. The minimum atomic E-state index is -1.29. The van der Waals surface area contributed by atoms with Crippen LogP contribution in [0, 0.1) is 11.8 Å². The predicted octanol–water partition coefficient (Wildman–Crippen LogP) is 2.54. The average molecular weight is 479 g/mol. The van der Waals surface area contributed by atoms with Crippen molar-refractivity contribution in [3.63, 3.8) is 0 Å². The van der Waals surface area contributed by atoms with Gasteiger partial charge in [-0.25, -0.2) is 0 Å². The highest BCUT2D eigenvalue weighted by Gasteiger charge is 2.32. The molecule has 35 heavy (non-hydrogen) atoms. The number of carbonyl (C=O) groups is 3. The van der Waals surface area contributed by atoms with Crippen LogP contribution in [-0.4, -0.2) is 78.9 Å². The van der Waals surface area contributed by atoms with Gasteiger partial charge in [-0.2, -0.15) is 0 Å². The van der Waals surface area contributed by atoms with Crippen molar-refractivity contribution in [2.75, 3.05) is 40.5 Å². The molecule has 1 atom stereocenters. The highest BCUT2D eigenvalue weighted by Crippen LogP contribution is 2.12. The molecule has 0 aliphatic rings. The molecule has 7 nitrogen and oxygen atoms in total. The summed E-state index contributed by atoms with van der Waals surface area (Å²) < 4.78 is 5.16. The van der Waals surface area contributed by atoms with Crippen molar-refractivity contribution in [1.29, 1.82) is 0 Å². The van der Waals surface area contributed by atoms with Gasteiger partial charge in [0, 0.05) is 50.4 Å². The second kappa shape index (κ2) is 14.2. The van der Waals surface area contributed by atoms with Crippen LogP contribution in [0.15, 0.2) is 48.5 Å². The predicted molar refractivity (Wildman–Crippen MR) is 135 cm³/mol. The van der Waals surface area contributed by atoms with E-state index in [2.05, 4.69) is 35.8 Å². The molecule has 0 fully saturated rings. The molecule has 1 amide bonds. The minimum Gasteiger partial charge on any atom is -0.388 e. The van der Waals surface area contributed by atoms with E-state index >= 15 is 0 Å². The average Bonchev–Trinajstić information content (AvgIpc) is 2.90. The first kappa shape index (κ1) is 27.9. The summed E-state index contributed by atoms with van der Waals surface area (Å²) in [7, 11) is 3.10. The SMILES string of the molecule is CCC(=O)C(C(=O)CO)N(C)C(=O)c1ccc(C#Cc2ccc(CN(CC)CCOC)cc2)cc1. The van der Waals surface area contributed by atoms with Gasteiger partial charge in [0.1, 0.15) is 6.61 Å². The summed E-state index contributed by atoms with van der Waals surface area (Å²) >= 11 is 0. The molecule has 0 aliphatic heterocycles. The van der Waals surface area contributed by atoms with E-state index < -0.39 is 30.1 Å². The summed E-state index contributed by atoms with van der Waals surface area (Å²) in [5.74, 6) is 4.64. The highest BCUT2D eigenvalue weighted by atomic mass is 16.5. The van der Waals surface area contributed by atoms with Gasteiger partial charge in [-0.3, -0.25) is 19.3 Å². The van der Waals surface area contributed by atoms with Gasteiger partial charge in [0.05, 0.1) is 6.61 Å². The van der Waals surface area contributed by atoms with E-state index in [0.29, 0.717) is 12.2 Å². The number of likely N-dealkylation sites (N-methyl/N-ethyl adjacent to an activating group) is 2. The molecule has 0 saturated heterocycles. The molecule has 0 saturated carbocycles. The Morgan fingerprint density at radius 3 is 2.00 bits per heavy atom. The molecular weight excluding hydrogens is 444 g/mol. The van der Waals surface area contributed by atoms with Crippen molar-refractivity contribution in [3.05, 3.63) is 70.8 Å². The van der Waals surface area contributed by atoms with Crippen molar-refractivity contribution in [3.8, 4) is 11.8 Å². The summed E-state index contributed by atoms with van der Waals surface area (Å²) in [6, 6.07) is 13.5. The van der Waals surface area contributed by atoms with Gasteiger partial charge in [0.25, 0.3) is 5.91 Å². The van der Waals surface area contributed by atoms with Crippen LogP contribution in [0.5, 0.6) is 0 Å². The number of aliphatic hydroxyl groups is 1. The van der Waals surface area contributed by atoms with Crippen molar-refractivity contribution < 1.29 is 24.2 Å². The molecule has 2 rings (SSSR count). The van der Waals surface area contributed by atoms with E-state index in [9.17, 15) is 19.5 Å². The van der Waals surface area contributed by atoms with Crippen LogP contribution >= 0.6 is 0 Å². The zero-order valence-corrected chi connectivity index (χ0v) is 20.9. The molecule has 0 bridgehead atoms. The first-order valence-electron chi connectivity index (χ1n) is 11.7. The van der Waals surface area contributed by atoms with Gasteiger partial charge < -0.3 is 14.7 Å². The molecule has 186 valence electrons. The van der Waals surface area contributed by atoms with Crippen LogP contribution in [0.25, 0.3) is 0 Å². The van der Waals surface area contributed by atoms with Crippen LogP contribution in [0.2, 0.25) is 0 Å². The monoisotopic (exact) mass is 478 g/mol. The van der Waals surface area contributed by atoms with Crippen LogP contribution in [0.3, 0.4) is 0 Å². The quantitative estimate of drug-likeness (QED) is 0.373. The van der Waals surface area contributed by atoms with Crippen LogP contribution < -0.4 is 0 Å². The lowest BCUT2D eigenvalue weighted by Crippen LogP contribution is -2.48. The number of ketones is 2. The Morgan fingerprint density at radius 1 is 0.943 bits per heavy atom. The van der Waals surface area contributed by atoms with E-state index in [1.165, 1.54) is 12.6 Å². The van der Waals surface area contributed by atoms with Crippen LogP contribution in [-0.2, 0) is 20.9 Å². The molecule has 0 radical (unpaired) electrons. The molecule has 1 N–H and O–H groups in total. The zero-order chi connectivity index (χ0) is 25.8. The number of rotatable bonds is 12. The fraction of sp³-hybridized carbons (Fsp3) is 0.393. The maximum absolute atomic E-state index is 12.8.